The molecule has 0 saturated heterocycles. The van der Waals surface area contributed by atoms with Crippen molar-refractivity contribution in [3.8, 4) is 0 Å². The summed E-state index contributed by atoms with van der Waals surface area (Å²) in [6.45, 7) is 8.94. The highest BCUT2D eigenvalue weighted by Gasteiger charge is 2.15. The number of hydrogen-bond acceptors (Lipinski definition) is 5. The molecule has 0 saturated carbocycles. The van der Waals surface area contributed by atoms with Crippen LogP contribution in [0.2, 0.25) is 0 Å². The molecule has 7 heteroatoms. The zero-order chi connectivity index (χ0) is 19.9. The van der Waals surface area contributed by atoms with E-state index >= 15 is 0 Å². The number of rotatable bonds is 15. The van der Waals surface area contributed by atoms with Gasteiger partial charge in [-0.2, -0.15) is 0 Å². The fourth-order valence-electron chi connectivity index (χ4n) is 2.61. The molecule has 1 atom stereocenters. The maximum absolute atomic E-state index is 12.1. The molecular formula is C19H39N3O4. The van der Waals surface area contributed by atoms with Gasteiger partial charge in [-0.25, -0.2) is 0 Å². The van der Waals surface area contributed by atoms with E-state index in [1.165, 1.54) is 0 Å². The van der Waals surface area contributed by atoms with E-state index < -0.39 is 0 Å². The monoisotopic (exact) mass is 373 g/mol. The third-order valence-corrected chi connectivity index (χ3v) is 4.19. The quantitative estimate of drug-likeness (QED) is 0.273. The minimum atomic E-state index is -0.0635. The van der Waals surface area contributed by atoms with Crippen molar-refractivity contribution in [1.29, 1.82) is 0 Å². The Morgan fingerprint density at radius 2 is 1.54 bits per heavy atom. The van der Waals surface area contributed by atoms with Crippen LogP contribution in [0.1, 0.15) is 59.8 Å². The van der Waals surface area contributed by atoms with E-state index in [-0.39, 0.29) is 48.9 Å². The van der Waals surface area contributed by atoms with Crippen LogP contribution in [0, 0.1) is 11.8 Å². The van der Waals surface area contributed by atoms with Crippen LogP contribution in [0.4, 0.5) is 0 Å². The van der Waals surface area contributed by atoms with Gasteiger partial charge in [-0.05, 0) is 19.3 Å². The number of hydrogen-bond donors (Lipinski definition) is 5. The van der Waals surface area contributed by atoms with Crippen molar-refractivity contribution in [2.45, 2.75) is 71.9 Å². The molecule has 0 heterocycles. The molecule has 0 aromatic rings. The number of aliphatic hydroxyl groups is 2. The molecule has 0 fully saturated rings. The lowest BCUT2D eigenvalue weighted by atomic mass is 10.0. The van der Waals surface area contributed by atoms with Gasteiger partial charge in [0.05, 0.1) is 0 Å². The Morgan fingerprint density at radius 3 is 2.08 bits per heavy atom. The first-order chi connectivity index (χ1) is 12.3. The smallest absolute Gasteiger partial charge is 0.222 e. The molecule has 7 nitrogen and oxygen atoms in total. The zero-order valence-corrected chi connectivity index (χ0v) is 16.9. The summed E-state index contributed by atoms with van der Waals surface area (Å²) in [7, 11) is 0. The first-order valence-electron chi connectivity index (χ1n) is 9.82. The Labute approximate surface area is 158 Å². The zero-order valence-electron chi connectivity index (χ0n) is 16.9. The van der Waals surface area contributed by atoms with Gasteiger partial charge in [-0.1, -0.05) is 34.1 Å². The summed E-state index contributed by atoms with van der Waals surface area (Å²) in [5, 5.41) is 27.2. The van der Waals surface area contributed by atoms with Crippen LogP contribution in [0.3, 0.4) is 0 Å². The standard InChI is InChI=1S/C19H39N3O4/c1-14(2)19(26)21-10-8-17(22-15(3)4)11-18(25)20-9-6-5-7-16(12-23)13-24/h14-17,22-24H,5-13H2,1-4H3,(H,20,25)(H,21,26). The van der Waals surface area contributed by atoms with Gasteiger partial charge in [0.15, 0.2) is 0 Å². The fraction of sp³-hybridized carbons (Fsp3) is 0.895. The fourth-order valence-corrected chi connectivity index (χ4v) is 2.61. The van der Waals surface area contributed by atoms with Crippen LogP contribution < -0.4 is 16.0 Å². The first kappa shape index (κ1) is 24.8. The number of amides is 2. The lowest BCUT2D eigenvalue weighted by Gasteiger charge is -2.21. The minimum Gasteiger partial charge on any atom is -0.396 e. The molecule has 5 N–H and O–H groups in total. The van der Waals surface area contributed by atoms with Gasteiger partial charge in [0.2, 0.25) is 11.8 Å². The summed E-state index contributed by atoms with van der Waals surface area (Å²) in [4.78, 5) is 23.8. The molecule has 0 bridgehead atoms. The van der Waals surface area contributed by atoms with Crippen molar-refractivity contribution in [2.75, 3.05) is 26.3 Å². The van der Waals surface area contributed by atoms with Crippen molar-refractivity contribution < 1.29 is 19.8 Å². The van der Waals surface area contributed by atoms with E-state index in [4.69, 9.17) is 10.2 Å². The van der Waals surface area contributed by atoms with Crippen LogP contribution in [-0.4, -0.2) is 60.4 Å². The van der Waals surface area contributed by atoms with E-state index in [2.05, 4.69) is 16.0 Å². The molecule has 26 heavy (non-hydrogen) atoms. The first-order valence-corrected chi connectivity index (χ1v) is 9.82. The summed E-state index contributed by atoms with van der Waals surface area (Å²) in [6.07, 6.45) is 3.54. The predicted octanol–water partition coefficient (Wildman–Crippen LogP) is 0.793. The highest BCUT2D eigenvalue weighted by molar-refractivity contribution is 5.78. The topological polar surface area (TPSA) is 111 Å². The maximum Gasteiger partial charge on any atom is 0.222 e. The predicted molar refractivity (Wildman–Crippen MR) is 104 cm³/mol. The Balaban J connectivity index is 4.08. The van der Waals surface area contributed by atoms with Gasteiger partial charge in [-0.3, -0.25) is 9.59 Å². The molecule has 0 aliphatic carbocycles. The average molecular weight is 374 g/mol. The van der Waals surface area contributed by atoms with Gasteiger partial charge in [0.25, 0.3) is 0 Å². The molecule has 0 rings (SSSR count). The third-order valence-electron chi connectivity index (χ3n) is 4.19. The summed E-state index contributed by atoms with van der Waals surface area (Å²) in [5.74, 6) is -0.0709. The van der Waals surface area contributed by atoms with Crippen molar-refractivity contribution in [3.63, 3.8) is 0 Å². The molecule has 1 unspecified atom stereocenters. The number of unbranched alkanes of at least 4 members (excludes halogenated alkanes) is 1. The van der Waals surface area contributed by atoms with E-state index in [0.29, 0.717) is 25.9 Å². The molecular weight excluding hydrogens is 334 g/mol. The van der Waals surface area contributed by atoms with Crippen molar-refractivity contribution in [1.82, 2.24) is 16.0 Å². The van der Waals surface area contributed by atoms with Crippen LogP contribution in [0.5, 0.6) is 0 Å². The summed E-state index contributed by atoms with van der Waals surface area (Å²) in [6, 6.07) is 0.290. The minimum absolute atomic E-state index is 0.000738. The summed E-state index contributed by atoms with van der Waals surface area (Å²) >= 11 is 0. The van der Waals surface area contributed by atoms with Gasteiger partial charge in [0.1, 0.15) is 0 Å². The molecule has 0 aromatic carbocycles. The molecule has 0 aliphatic heterocycles. The molecule has 0 radical (unpaired) electrons. The lowest BCUT2D eigenvalue weighted by Crippen LogP contribution is -2.42. The van der Waals surface area contributed by atoms with E-state index in [1.54, 1.807) is 0 Å². The average Bonchev–Trinajstić information content (AvgIpc) is 2.57. The van der Waals surface area contributed by atoms with E-state index in [9.17, 15) is 9.59 Å². The third kappa shape index (κ3) is 13.1. The Morgan fingerprint density at radius 1 is 0.885 bits per heavy atom. The Kier molecular flexibility index (Phi) is 14.3. The second kappa shape index (κ2) is 14.9. The molecule has 2 amide bonds. The Hall–Kier alpha value is -1.18. The number of carbonyl (C=O) groups excluding carboxylic acids is 2. The van der Waals surface area contributed by atoms with Gasteiger partial charge in [0, 0.05) is 56.6 Å². The number of carbonyl (C=O) groups is 2. The van der Waals surface area contributed by atoms with Crippen LogP contribution >= 0.6 is 0 Å². The number of aliphatic hydroxyl groups excluding tert-OH is 2. The lowest BCUT2D eigenvalue weighted by molar-refractivity contribution is -0.124. The highest BCUT2D eigenvalue weighted by atomic mass is 16.3. The maximum atomic E-state index is 12.1. The van der Waals surface area contributed by atoms with Crippen molar-refractivity contribution in [2.24, 2.45) is 11.8 Å². The highest BCUT2D eigenvalue weighted by Crippen LogP contribution is 2.06. The molecule has 0 aromatic heterocycles. The van der Waals surface area contributed by atoms with Crippen LogP contribution in [-0.2, 0) is 9.59 Å². The second-order valence-corrected chi connectivity index (χ2v) is 7.53. The van der Waals surface area contributed by atoms with E-state index in [1.807, 2.05) is 27.7 Å². The molecule has 0 spiro atoms. The van der Waals surface area contributed by atoms with Gasteiger partial charge < -0.3 is 26.2 Å². The van der Waals surface area contributed by atoms with Crippen LogP contribution in [0.25, 0.3) is 0 Å². The second-order valence-electron chi connectivity index (χ2n) is 7.53. The Bertz CT molecular complexity index is 385. The van der Waals surface area contributed by atoms with Gasteiger partial charge >= 0.3 is 0 Å². The number of nitrogens with one attached hydrogen (secondary N) is 3. The largest absolute Gasteiger partial charge is 0.396 e. The van der Waals surface area contributed by atoms with Gasteiger partial charge in [-0.15, -0.1) is 0 Å². The SMILES string of the molecule is CC(C)NC(CCNC(=O)C(C)C)CC(=O)NCCCCC(CO)CO. The summed E-state index contributed by atoms with van der Waals surface area (Å²) in [5.41, 5.74) is 0. The van der Waals surface area contributed by atoms with E-state index in [0.717, 1.165) is 19.3 Å². The van der Waals surface area contributed by atoms with Crippen molar-refractivity contribution >= 4 is 11.8 Å². The summed E-state index contributed by atoms with van der Waals surface area (Å²) < 4.78 is 0. The van der Waals surface area contributed by atoms with Crippen LogP contribution in [0.15, 0.2) is 0 Å². The van der Waals surface area contributed by atoms with Crippen molar-refractivity contribution in [3.05, 3.63) is 0 Å². The normalized spacial score (nSPS) is 12.7. The molecule has 0 aliphatic rings. The molecule has 154 valence electrons.